The predicted octanol–water partition coefficient (Wildman–Crippen LogP) is 2.07. The first-order valence-electron chi connectivity index (χ1n) is 5.82. The highest BCUT2D eigenvalue weighted by atomic mass is 79.9. The second kappa shape index (κ2) is 10.2. The summed E-state index contributed by atoms with van der Waals surface area (Å²) in [5.74, 6) is 0.0712. The predicted molar refractivity (Wildman–Crippen MR) is 82.6 cm³/mol. The molecule has 0 unspecified atom stereocenters. The Bertz CT molecular complexity index is 391. The summed E-state index contributed by atoms with van der Waals surface area (Å²) in [4.78, 5) is 13.5. The van der Waals surface area contributed by atoms with Gasteiger partial charge in [0.1, 0.15) is 0 Å². The van der Waals surface area contributed by atoms with Crippen molar-refractivity contribution in [1.29, 1.82) is 0 Å². The second-order valence-corrected chi connectivity index (χ2v) is 4.87. The molecular formula is C13H20BrClN2O2. The Morgan fingerprint density at radius 3 is 2.74 bits per heavy atom. The number of ether oxygens (including phenoxy) is 1. The Hall–Kier alpha value is -0.620. The van der Waals surface area contributed by atoms with Gasteiger partial charge in [0.25, 0.3) is 0 Å². The molecule has 0 heterocycles. The number of nitrogens with zero attached hydrogens (tertiary/aromatic N) is 1. The van der Waals surface area contributed by atoms with Crippen LogP contribution >= 0.6 is 28.3 Å². The standard InChI is InChI=1S/C13H19BrN2O2.ClH/c1-16(13(17)9-15-7-8-18-2)10-11-5-3-4-6-12(11)14;/h3-6,15H,7-10H2,1-2H3;1H. The van der Waals surface area contributed by atoms with E-state index in [0.717, 1.165) is 10.0 Å². The van der Waals surface area contributed by atoms with Crippen LogP contribution in [0.4, 0.5) is 0 Å². The summed E-state index contributed by atoms with van der Waals surface area (Å²) in [5, 5.41) is 3.04. The highest BCUT2D eigenvalue weighted by molar-refractivity contribution is 9.10. The Balaban J connectivity index is 0.00000324. The molecule has 4 nitrogen and oxygen atoms in total. The molecule has 108 valence electrons. The van der Waals surface area contributed by atoms with Crippen LogP contribution in [0.3, 0.4) is 0 Å². The van der Waals surface area contributed by atoms with Crippen molar-refractivity contribution >= 4 is 34.2 Å². The molecule has 1 N–H and O–H groups in total. The van der Waals surface area contributed by atoms with E-state index in [2.05, 4.69) is 21.2 Å². The lowest BCUT2D eigenvalue weighted by atomic mass is 10.2. The van der Waals surface area contributed by atoms with Crippen LogP contribution in [0, 0.1) is 0 Å². The maximum atomic E-state index is 11.8. The van der Waals surface area contributed by atoms with Crippen LogP contribution in [-0.2, 0) is 16.1 Å². The number of benzene rings is 1. The van der Waals surface area contributed by atoms with Crippen LogP contribution in [0.2, 0.25) is 0 Å². The van der Waals surface area contributed by atoms with Crippen LogP contribution in [-0.4, -0.2) is 44.7 Å². The quantitative estimate of drug-likeness (QED) is 0.765. The van der Waals surface area contributed by atoms with E-state index in [-0.39, 0.29) is 18.3 Å². The molecule has 1 aromatic carbocycles. The Morgan fingerprint density at radius 2 is 2.11 bits per heavy atom. The van der Waals surface area contributed by atoms with Crippen LogP contribution < -0.4 is 5.32 Å². The zero-order chi connectivity index (χ0) is 13.4. The van der Waals surface area contributed by atoms with Gasteiger partial charge in [-0.05, 0) is 11.6 Å². The van der Waals surface area contributed by atoms with Crippen molar-refractivity contribution in [3.05, 3.63) is 34.3 Å². The van der Waals surface area contributed by atoms with Gasteiger partial charge in [0, 0.05) is 31.7 Å². The molecule has 6 heteroatoms. The molecule has 1 aromatic rings. The van der Waals surface area contributed by atoms with Crippen molar-refractivity contribution in [1.82, 2.24) is 10.2 Å². The zero-order valence-corrected chi connectivity index (χ0v) is 13.6. The zero-order valence-electron chi connectivity index (χ0n) is 11.2. The molecule has 1 rings (SSSR count). The fourth-order valence-corrected chi connectivity index (χ4v) is 1.88. The number of carbonyl (C=O) groups is 1. The van der Waals surface area contributed by atoms with Crippen LogP contribution in [0.1, 0.15) is 5.56 Å². The van der Waals surface area contributed by atoms with Gasteiger partial charge in [0.05, 0.1) is 13.2 Å². The van der Waals surface area contributed by atoms with Gasteiger partial charge in [0.15, 0.2) is 0 Å². The highest BCUT2D eigenvalue weighted by Gasteiger charge is 2.09. The number of hydrogen-bond acceptors (Lipinski definition) is 3. The lowest BCUT2D eigenvalue weighted by Gasteiger charge is -2.18. The fraction of sp³-hybridized carbons (Fsp3) is 0.462. The number of carbonyl (C=O) groups excluding carboxylic acids is 1. The monoisotopic (exact) mass is 350 g/mol. The first-order valence-corrected chi connectivity index (χ1v) is 6.61. The van der Waals surface area contributed by atoms with Crippen molar-refractivity contribution in [2.75, 3.05) is 33.9 Å². The molecule has 0 spiro atoms. The highest BCUT2D eigenvalue weighted by Crippen LogP contribution is 2.17. The van der Waals surface area contributed by atoms with Gasteiger partial charge in [0.2, 0.25) is 5.91 Å². The summed E-state index contributed by atoms with van der Waals surface area (Å²) in [5.41, 5.74) is 1.10. The number of nitrogens with one attached hydrogen (secondary N) is 1. The molecular weight excluding hydrogens is 332 g/mol. The topological polar surface area (TPSA) is 41.6 Å². The minimum Gasteiger partial charge on any atom is -0.383 e. The molecule has 0 fully saturated rings. The van der Waals surface area contributed by atoms with Crippen molar-refractivity contribution in [2.45, 2.75) is 6.54 Å². The van der Waals surface area contributed by atoms with Gasteiger partial charge in [-0.25, -0.2) is 0 Å². The Labute approximate surface area is 129 Å². The minimum absolute atomic E-state index is 0. The van der Waals surface area contributed by atoms with Gasteiger partial charge in [-0.1, -0.05) is 34.1 Å². The molecule has 0 aromatic heterocycles. The minimum atomic E-state index is 0. The summed E-state index contributed by atoms with van der Waals surface area (Å²) < 4.78 is 5.93. The molecule has 1 amide bonds. The fourth-order valence-electron chi connectivity index (χ4n) is 1.47. The van der Waals surface area contributed by atoms with Gasteiger partial charge in [-0.15, -0.1) is 12.4 Å². The third-order valence-electron chi connectivity index (χ3n) is 2.55. The average molecular weight is 352 g/mol. The van der Waals surface area contributed by atoms with Crippen molar-refractivity contribution < 1.29 is 9.53 Å². The molecule has 19 heavy (non-hydrogen) atoms. The lowest BCUT2D eigenvalue weighted by Crippen LogP contribution is -2.36. The van der Waals surface area contributed by atoms with Gasteiger partial charge in [-0.2, -0.15) is 0 Å². The first-order chi connectivity index (χ1) is 8.65. The Morgan fingerprint density at radius 1 is 1.42 bits per heavy atom. The van der Waals surface area contributed by atoms with Crippen molar-refractivity contribution in [2.24, 2.45) is 0 Å². The number of methoxy groups -OCH3 is 1. The van der Waals surface area contributed by atoms with Crippen LogP contribution in [0.25, 0.3) is 0 Å². The SMILES string of the molecule is COCCNCC(=O)N(C)Cc1ccccc1Br.Cl. The third kappa shape index (κ3) is 6.92. The molecule has 0 radical (unpaired) electrons. The number of hydrogen-bond donors (Lipinski definition) is 1. The summed E-state index contributed by atoms with van der Waals surface area (Å²) in [6, 6.07) is 7.91. The third-order valence-corrected chi connectivity index (χ3v) is 3.32. The van der Waals surface area contributed by atoms with E-state index in [1.807, 2.05) is 24.3 Å². The molecule has 0 aliphatic carbocycles. The summed E-state index contributed by atoms with van der Waals surface area (Å²) in [6.07, 6.45) is 0. The first kappa shape index (κ1) is 18.4. The molecule has 0 bridgehead atoms. The Kier molecular flexibility index (Phi) is 9.87. The van der Waals surface area contributed by atoms with E-state index in [0.29, 0.717) is 26.2 Å². The van der Waals surface area contributed by atoms with Crippen LogP contribution in [0.15, 0.2) is 28.7 Å². The van der Waals surface area contributed by atoms with E-state index in [9.17, 15) is 4.79 Å². The lowest BCUT2D eigenvalue weighted by molar-refractivity contribution is -0.129. The molecule has 0 aliphatic rings. The molecule has 0 saturated carbocycles. The van der Waals surface area contributed by atoms with E-state index >= 15 is 0 Å². The molecule has 0 aliphatic heterocycles. The second-order valence-electron chi connectivity index (χ2n) is 4.01. The number of halogens is 2. The van der Waals surface area contributed by atoms with Gasteiger partial charge < -0.3 is 15.0 Å². The smallest absolute Gasteiger partial charge is 0.236 e. The molecule has 0 saturated heterocycles. The van der Waals surface area contributed by atoms with E-state index < -0.39 is 0 Å². The number of rotatable bonds is 7. The van der Waals surface area contributed by atoms with Crippen molar-refractivity contribution in [3.63, 3.8) is 0 Å². The van der Waals surface area contributed by atoms with Gasteiger partial charge in [-0.3, -0.25) is 4.79 Å². The summed E-state index contributed by atoms with van der Waals surface area (Å²) in [7, 11) is 3.45. The van der Waals surface area contributed by atoms with E-state index in [1.165, 1.54) is 0 Å². The van der Waals surface area contributed by atoms with E-state index in [1.54, 1.807) is 19.1 Å². The maximum Gasteiger partial charge on any atom is 0.236 e. The average Bonchev–Trinajstić information content (AvgIpc) is 2.37. The van der Waals surface area contributed by atoms with E-state index in [4.69, 9.17) is 4.74 Å². The molecule has 0 atom stereocenters. The van der Waals surface area contributed by atoms with Crippen molar-refractivity contribution in [3.8, 4) is 0 Å². The maximum absolute atomic E-state index is 11.8. The number of likely N-dealkylation sites (N-methyl/N-ethyl adjacent to an activating group) is 1. The number of amides is 1. The van der Waals surface area contributed by atoms with Crippen LogP contribution in [0.5, 0.6) is 0 Å². The summed E-state index contributed by atoms with van der Waals surface area (Å²) >= 11 is 3.48. The van der Waals surface area contributed by atoms with Gasteiger partial charge >= 0.3 is 0 Å². The largest absolute Gasteiger partial charge is 0.383 e. The normalized spacial score (nSPS) is 9.84. The summed E-state index contributed by atoms with van der Waals surface area (Å²) in [6.45, 7) is 2.24.